The van der Waals surface area contributed by atoms with Crippen molar-refractivity contribution in [3.63, 3.8) is 0 Å². The van der Waals surface area contributed by atoms with Crippen LogP contribution in [0.3, 0.4) is 0 Å². The van der Waals surface area contributed by atoms with E-state index in [2.05, 4.69) is 275 Å². The van der Waals surface area contributed by atoms with Gasteiger partial charge in [0, 0.05) is 59.0 Å². The fourth-order valence-electron chi connectivity index (χ4n) is 8.94. The maximum absolute atomic E-state index is 2.38. The van der Waals surface area contributed by atoms with Crippen LogP contribution in [0.2, 0.25) is 0 Å². The first-order valence-electron chi connectivity index (χ1n) is 21.5. The zero-order valence-electron chi connectivity index (χ0n) is 35.2. The number of aromatic nitrogens is 1. The van der Waals surface area contributed by atoms with Gasteiger partial charge in [0.1, 0.15) is 0 Å². The predicted molar refractivity (Wildman–Crippen MR) is 272 cm³/mol. The summed E-state index contributed by atoms with van der Waals surface area (Å²) in [5, 5.41) is 2.47. The number of rotatable bonds is 10. The van der Waals surface area contributed by atoms with Crippen molar-refractivity contribution in [2.75, 3.05) is 9.80 Å². The molecular formula is C60H43BN3. The van der Waals surface area contributed by atoms with Crippen LogP contribution in [0.25, 0.3) is 60.9 Å². The molecule has 0 bridgehead atoms. The Morgan fingerprint density at radius 3 is 1.00 bits per heavy atom. The van der Waals surface area contributed by atoms with Crippen molar-refractivity contribution in [1.82, 2.24) is 4.57 Å². The number of para-hydroxylation sites is 6. The summed E-state index contributed by atoms with van der Waals surface area (Å²) in [4.78, 5) is 4.62. The highest BCUT2D eigenvalue weighted by molar-refractivity contribution is 6.10. The Morgan fingerprint density at radius 1 is 0.234 bits per heavy atom. The van der Waals surface area contributed by atoms with E-state index in [1.165, 1.54) is 32.9 Å². The maximum atomic E-state index is 2.38. The Hall–Kier alpha value is -8.34. The molecule has 11 rings (SSSR count). The van der Waals surface area contributed by atoms with Crippen LogP contribution in [0.1, 0.15) is 0 Å². The van der Waals surface area contributed by atoms with E-state index in [-0.39, 0.29) is 8.41 Å². The highest BCUT2D eigenvalue weighted by atomic mass is 15.1. The molecule has 0 fully saturated rings. The van der Waals surface area contributed by atoms with Gasteiger partial charge in [0.15, 0.2) is 0 Å². The van der Waals surface area contributed by atoms with Gasteiger partial charge in [-0.3, -0.25) is 0 Å². The first kappa shape index (κ1) is 39.8. The Morgan fingerprint density at radius 2 is 0.562 bits per heavy atom. The summed E-state index contributed by atoms with van der Waals surface area (Å²) in [6.07, 6.45) is 0. The minimum absolute atomic E-state index is 0. The van der Waals surface area contributed by atoms with Crippen molar-refractivity contribution in [2.45, 2.75) is 0 Å². The average Bonchev–Trinajstić information content (AvgIpc) is 3.70. The first-order chi connectivity index (χ1) is 31.2. The van der Waals surface area contributed by atoms with Crippen LogP contribution in [0, 0.1) is 0 Å². The van der Waals surface area contributed by atoms with Crippen LogP contribution in [-0.2, 0) is 0 Å². The molecule has 0 saturated carbocycles. The normalized spacial score (nSPS) is 11.0. The van der Waals surface area contributed by atoms with Gasteiger partial charge in [-0.05, 0) is 155 Å². The highest BCUT2D eigenvalue weighted by Crippen LogP contribution is 2.41. The molecule has 10 aromatic carbocycles. The van der Waals surface area contributed by atoms with E-state index in [0.29, 0.717) is 0 Å². The fraction of sp³-hybridized carbons (Fsp3) is 0. The van der Waals surface area contributed by atoms with Gasteiger partial charge in [-0.25, -0.2) is 0 Å². The highest BCUT2D eigenvalue weighted by Gasteiger charge is 2.17. The number of anilines is 6. The summed E-state index contributed by atoms with van der Waals surface area (Å²) >= 11 is 0. The summed E-state index contributed by atoms with van der Waals surface area (Å²) in [5.74, 6) is 0. The lowest BCUT2D eigenvalue weighted by atomic mass is 9.92. The molecule has 0 spiro atoms. The molecule has 64 heavy (non-hydrogen) atoms. The van der Waals surface area contributed by atoms with Crippen molar-refractivity contribution >= 4 is 64.3 Å². The molecule has 0 atom stereocenters. The van der Waals surface area contributed by atoms with E-state index in [4.69, 9.17) is 0 Å². The van der Waals surface area contributed by atoms with Crippen molar-refractivity contribution in [3.05, 3.63) is 261 Å². The third-order valence-corrected chi connectivity index (χ3v) is 11.9. The molecule has 0 amide bonds. The van der Waals surface area contributed by atoms with Gasteiger partial charge in [-0.2, -0.15) is 0 Å². The van der Waals surface area contributed by atoms with Crippen molar-refractivity contribution < 1.29 is 0 Å². The van der Waals surface area contributed by atoms with Crippen LogP contribution in [0.5, 0.6) is 0 Å². The fourth-order valence-corrected chi connectivity index (χ4v) is 8.94. The lowest BCUT2D eigenvalue weighted by Crippen LogP contribution is -2.09. The summed E-state index contributed by atoms with van der Waals surface area (Å²) in [6, 6.07) is 93.7. The second kappa shape index (κ2) is 17.6. The number of hydrogen-bond acceptors (Lipinski definition) is 2. The van der Waals surface area contributed by atoms with Crippen LogP contribution >= 0.6 is 0 Å². The molecule has 0 saturated heterocycles. The number of hydrogen-bond donors (Lipinski definition) is 0. The van der Waals surface area contributed by atoms with Gasteiger partial charge in [-0.15, -0.1) is 0 Å². The van der Waals surface area contributed by atoms with Crippen LogP contribution in [0.15, 0.2) is 261 Å². The zero-order chi connectivity index (χ0) is 42.0. The summed E-state index contributed by atoms with van der Waals surface area (Å²) in [5.41, 5.74) is 17.2. The van der Waals surface area contributed by atoms with Gasteiger partial charge < -0.3 is 14.4 Å². The lowest BCUT2D eigenvalue weighted by molar-refractivity contribution is 1.18. The summed E-state index contributed by atoms with van der Waals surface area (Å²) < 4.78 is 2.38. The van der Waals surface area contributed by atoms with Gasteiger partial charge in [-0.1, -0.05) is 140 Å². The molecule has 0 aliphatic carbocycles. The molecule has 0 unspecified atom stereocenters. The van der Waals surface area contributed by atoms with E-state index in [1.807, 2.05) is 0 Å². The Kier molecular flexibility index (Phi) is 10.9. The zero-order valence-corrected chi connectivity index (χ0v) is 35.2. The molecule has 0 aliphatic rings. The first-order valence-corrected chi connectivity index (χ1v) is 21.5. The van der Waals surface area contributed by atoms with E-state index < -0.39 is 0 Å². The summed E-state index contributed by atoms with van der Waals surface area (Å²) in [7, 11) is 0. The Labute approximate surface area is 377 Å². The molecule has 301 valence electrons. The van der Waals surface area contributed by atoms with Gasteiger partial charge >= 0.3 is 0 Å². The van der Waals surface area contributed by atoms with Crippen LogP contribution < -0.4 is 9.80 Å². The van der Waals surface area contributed by atoms with Crippen molar-refractivity contribution in [2.24, 2.45) is 0 Å². The third-order valence-electron chi connectivity index (χ3n) is 11.9. The molecule has 11 aromatic rings. The van der Waals surface area contributed by atoms with Crippen molar-refractivity contribution in [1.29, 1.82) is 0 Å². The number of nitrogens with zero attached hydrogens (tertiary/aromatic N) is 3. The largest absolute Gasteiger partial charge is 0.311 e. The average molecular weight is 817 g/mol. The monoisotopic (exact) mass is 816 g/mol. The summed E-state index contributed by atoms with van der Waals surface area (Å²) in [6.45, 7) is 0. The molecule has 4 heteroatoms. The van der Waals surface area contributed by atoms with E-state index >= 15 is 0 Å². The number of benzene rings is 10. The van der Waals surface area contributed by atoms with E-state index in [9.17, 15) is 0 Å². The van der Waals surface area contributed by atoms with Gasteiger partial charge in [0.05, 0.1) is 11.0 Å². The Balaban J connectivity index is 0.00000484. The van der Waals surface area contributed by atoms with Crippen LogP contribution in [0.4, 0.5) is 34.1 Å². The molecule has 0 N–H and O–H groups in total. The predicted octanol–water partition coefficient (Wildman–Crippen LogP) is 16.3. The quantitative estimate of drug-likeness (QED) is 0.127. The second-order valence-electron chi connectivity index (χ2n) is 15.8. The van der Waals surface area contributed by atoms with Crippen LogP contribution in [-0.4, -0.2) is 13.0 Å². The van der Waals surface area contributed by atoms with Crippen molar-refractivity contribution in [3.8, 4) is 39.1 Å². The molecule has 1 heterocycles. The maximum Gasteiger partial charge on any atom is 0.0541 e. The Bertz CT molecular complexity index is 3070. The van der Waals surface area contributed by atoms with Gasteiger partial charge in [0.25, 0.3) is 0 Å². The van der Waals surface area contributed by atoms with E-state index in [0.717, 1.165) is 62.1 Å². The minimum atomic E-state index is 0. The number of fused-ring (bicyclic) bond motifs is 3. The third kappa shape index (κ3) is 7.63. The minimum Gasteiger partial charge on any atom is -0.311 e. The molecule has 3 radical (unpaired) electrons. The SMILES string of the molecule is [B].c1ccc(N(c2ccccc2)c2ccc(-c3cc(-c4ccc(N(c5ccccc5)c5ccccc5)cc4)cc(-c4ccc5c(c4)c4ccccc4n5-c4ccccc4)c3)cc2)cc1. The molecule has 1 aromatic heterocycles. The smallest absolute Gasteiger partial charge is 0.0541 e. The second-order valence-corrected chi connectivity index (χ2v) is 15.8. The molecule has 0 aliphatic heterocycles. The molecular weight excluding hydrogens is 773 g/mol. The topological polar surface area (TPSA) is 11.4 Å². The van der Waals surface area contributed by atoms with E-state index in [1.54, 1.807) is 0 Å². The lowest BCUT2D eigenvalue weighted by Gasteiger charge is -2.25. The molecule has 3 nitrogen and oxygen atoms in total. The standard InChI is InChI=1S/C60H43N3.B/c1-6-18-50(19-7-1)61(51-20-8-2-9-21-51)55-35-30-44(31-36-55)47-40-48(45-32-37-56(38-33-45)62(52-22-10-3-11-23-52)53-24-12-4-13-25-53)42-49(41-47)46-34-39-60-58(43-46)57-28-16-17-29-59(57)63(60)54-26-14-5-15-27-54;/h1-43H;. The van der Waals surface area contributed by atoms with Gasteiger partial charge in [0.2, 0.25) is 0 Å².